The van der Waals surface area contributed by atoms with Crippen molar-refractivity contribution in [3.05, 3.63) is 84.5 Å². The Morgan fingerprint density at radius 3 is 1.74 bits per heavy atom. The summed E-state index contributed by atoms with van der Waals surface area (Å²) >= 11 is 0. The molecule has 0 radical (unpaired) electrons. The average molecular weight is 264 g/mol. The van der Waals surface area contributed by atoms with E-state index in [1.165, 1.54) is 16.2 Å². The van der Waals surface area contributed by atoms with Gasteiger partial charge in [-0.05, 0) is 25.5 Å². The minimum Gasteiger partial charge on any atom is -0.0725 e. The molecule has 0 heterocycles. The first kappa shape index (κ1) is 12.4. The molecule has 0 amide bonds. The van der Waals surface area contributed by atoms with Gasteiger partial charge < -0.3 is 0 Å². The largest absolute Gasteiger partial charge is 0.0725 e. The van der Waals surface area contributed by atoms with Crippen LogP contribution in [0.3, 0.4) is 0 Å². The van der Waals surface area contributed by atoms with E-state index in [4.69, 9.17) is 0 Å². The van der Waals surface area contributed by atoms with Gasteiger partial charge in [-0.25, -0.2) is 0 Å². The van der Waals surface area contributed by atoms with Crippen molar-refractivity contribution in [1.82, 2.24) is 0 Å². The predicted molar refractivity (Wildman–Crippen MR) is 85.8 cm³/mol. The van der Waals surface area contributed by atoms with Gasteiger partial charge in [0.2, 0.25) is 0 Å². The zero-order chi connectivity index (χ0) is 13.1. The Morgan fingerprint density at radius 1 is 0.789 bits per heavy atom. The summed E-state index contributed by atoms with van der Waals surface area (Å²) in [6.45, 7) is 2.24. The van der Waals surface area contributed by atoms with Crippen LogP contribution in [0.25, 0.3) is 0 Å². The van der Waals surface area contributed by atoms with Gasteiger partial charge >= 0.3 is 0 Å². The summed E-state index contributed by atoms with van der Waals surface area (Å²) in [7, 11) is -0.346. The molecule has 0 spiro atoms. The van der Waals surface area contributed by atoms with Gasteiger partial charge in [0.15, 0.2) is 0 Å². The maximum absolute atomic E-state index is 2.35. The van der Waals surface area contributed by atoms with Crippen LogP contribution >= 0.6 is 7.92 Å². The topological polar surface area (TPSA) is 0 Å². The SMILES string of the molecule is CC1=CC=CC1P(c1ccccc1)c1ccccc1. The minimum absolute atomic E-state index is 0.346. The third-order valence-corrected chi connectivity index (χ3v) is 6.31. The fourth-order valence-corrected chi connectivity index (χ4v) is 5.19. The highest BCUT2D eigenvalue weighted by atomic mass is 31.1. The van der Waals surface area contributed by atoms with Crippen LogP contribution in [-0.2, 0) is 0 Å². The van der Waals surface area contributed by atoms with Gasteiger partial charge in [0.1, 0.15) is 0 Å². The minimum atomic E-state index is -0.346. The van der Waals surface area contributed by atoms with E-state index in [0.717, 1.165) is 0 Å². The third-order valence-electron chi connectivity index (χ3n) is 3.47. The first-order chi connectivity index (χ1) is 9.36. The molecule has 1 unspecified atom stereocenters. The molecule has 0 nitrogen and oxygen atoms in total. The van der Waals surface area contributed by atoms with Gasteiger partial charge in [0.05, 0.1) is 0 Å². The van der Waals surface area contributed by atoms with E-state index in [0.29, 0.717) is 5.66 Å². The van der Waals surface area contributed by atoms with Crippen molar-refractivity contribution < 1.29 is 0 Å². The predicted octanol–water partition coefficient (Wildman–Crippen LogP) is 4.00. The van der Waals surface area contributed by atoms with Crippen molar-refractivity contribution in [3.8, 4) is 0 Å². The highest BCUT2D eigenvalue weighted by Gasteiger charge is 2.25. The zero-order valence-corrected chi connectivity index (χ0v) is 11.9. The van der Waals surface area contributed by atoms with Crippen molar-refractivity contribution >= 4 is 18.5 Å². The van der Waals surface area contributed by atoms with E-state index in [2.05, 4.69) is 85.8 Å². The molecule has 94 valence electrons. The van der Waals surface area contributed by atoms with Gasteiger partial charge in [-0.15, -0.1) is 0 Å². The zero-order valence-electron chi connectivity index (χ0n) is 11.0. The summed E-state index contributed by atoms with van der Waals surface area (Å²) in [6, 6.07) is 21.8. The molecule has 2 aromatic carbocycles. The molecule has 0 saturated carbocycles. The quantitative estimate of drug-likeness (QED) is 0.735. The van der Waals surface area contributed by atoms with E-state index in [9.17, 15) is 0 Å². The first-order valence-electron chi connectivity index (χ1n) is 6.60. The molecule has 0 fully saturated rings. The highest BCUT2D eigenvalue weighted by Crippen LogP contribution is 2.45. The second-order valence-electron chi connectivity index (χ2n) is 4.78. The van der Waals surface area contributed by atoms with E-state index < -0.39 is 0 Å². The third kappa shape index (κ3) is 2.55. The Balaban J connectivity index is 2.07. The monoisotopic (exact) mass is 264 g/mol. The fraction of sp³-hybridized carbons (Fsp3) is 0.111. The lowest BCUT2D eigenvalue weighted by atomic mass is 10.3. The summed E-state index contributed by atoms with van der Waals surface area (Å²) in [4.78, 5) is 0. The lowest BCUT2D eigenvalue weighted by Crippen LogP contribution is -2.20. The van der Waals surface area contributed by atoms with Crippen LogP contribution in [0.15, 0.2) is 84.5 Å². The average Bonchev–Trinajstić information content (AvgIpc) is 2.88. The molecule has 2 aromatic rings. The molecule has 0 saturated heterocycles. The molecular formula is C18H17P. The van der Waals surface area contributed by atoms with E-state index >= 15 is 0 Å². The lowest BCUT2D eigenvalue weighted by molar-refractivity contribution is 1.26. The van der Waals surface area contributed by atoms with Crippen molar-refractivity contribution in [2.75, 3.05) is 0 Å². The van der Waals surface area contributed by atoms with Crippen LogP contribution in [0, 0.1) is 0 Å². The van der Waals surface area contributed by atoms with Crippen molar-refractivity contribution in [2.24, 2.45) is 0 Å². The van der Waals surface area contributed by atoms with E-state index in [1.54, 1.807) is 0 Å². The highest BCUT2D eigenvalue weighted by molar-refractivity contribution is 7.74. The number of hydrogen-bond donors (Lipinski definition) is 0. The van der Waals surface area contributed by atoms with Crippen molar-refractivity contribution in [1.29, 1.82) is 0 Å². The Labute approximate surface area is 116 Å². The van der Waals surface area contributed by atoms with Crippen LogP contribution in [0.4, 0.5) is 0 Å². The van der Waals surface area contributed by atoms with E-state index in [1.807, 2.05) is 0 Å². The maximum atomic E-state index is 2.35. The van der Waals surface area contributed by atoms with Crippen molar-refractivity contribution in [3.63, 3.8) is 0 Å². The molecule has 1 heteroatoms. The maximum Gasteiger partial charge on any atom is 0.0264 e. The molecule has 0 aromatic heterocycles. The number of hydrogen-bond acceptors (Lipinski definition) is 0. The summed E-state index contributed by atoms with van der Waals surface area (Å²) in [5.41, 5.74) is 2.01. The summed E-state index contributed by atoms with van der Waals surface area (Å²) in [5.74, 6) is 0. The molecule has 19 heavy (non-hydrogen) atoms. The van der Waals surface area contributed by atoms with Gasteiger partial charge in [0.25, 0.3) is 0 Å². The van der Waals surface area contributed by atoms with Crippen LogP contribution in [0.2, 0.25) is 0 Å². The van der Waals surface area contributed by atoms with Gasteiger partial charge in [-0.3, -0.25) is 0 Å². The van der Waals surface area contributed by atoms with Crippen LogP contribution < -0.4 is 10.6 Å². The number of allylic oxidation sites excluding steroid dienone is 4. The molecule has 1 atom stereocenters. The Bertz CT molecular complexity index is 557. The summed E-state index contributed by atoms with van der Waals surface area (Å²) < 4.78 is 0. The first-order valence-corrected chi connectivity index (χ1v) is 8.01. The smallest absolute Gasteiger partial charge is 0.0264 e. The Morgan fingerprint density at radius 2 is 1.32 bits per heavy atom. The normalized spacial score (nSPS) is 17.8. The second kappa shape index (κ2) is 5.55. The van der Waals surface area contributed by atoms with Gasteiger partial charge in [-0.2, -0.15) is 0 Å². The molecule has 0 N–H and O–H groups in total. The second-order valence-corrected chi connectivity index (χ2v) is 7.11. The van der Waals surface area contributed by atoms with E-state index in [-0.39, 0.29) is 7.92 Å². The molecule has 0 aliphatic heterocycles. The lowest BCUT2D eigenvalue weighted by Gasteiger charge is -2.25. The van der Waals surface area contributed by atoms with Crippen LogP contribution in [0.5, 0.6) is 0 Å². The fourth-order valence-electron chi connectivity index (χ4n) is 2.50. The number of benzene rings is 2. The van der Waals surface area contributed by atoms with Gasteiger partial charge in [-0.1, -0.05) is 84.5 Å². The van der Waals surface area contributed by atoms with Crippen LogP contribution in [0.1, 0.15) is 6.92 Å². The molecule has 1 aliphatic carbocycles. The molecular weight excluding hydrogens is 247 g/mol. The van der Waals surface area contributed by atoms with Crippen molar-refractivity contribution in [2.45, 2.75) is 12.6 Å². The van der Waals surface area contributed by atoms with Gasteiger partial charge in [0, 0.05) is 5.66 Å². The Kier molecular flexibility index (Phi) is 3.62. The standard InChI is InChI=1S/C18H17P/c1-15-9-8-14-18(15)19(16-10-4-2-5-11-16)17-12-6-3-7-13-17/h2-14,18H,1H3. The summed E-state index contributed by atoms with van der Waals surface area (Å²) in [6.07, 6.45) is 6.79. The molecule has 0 bridgehead atoms. The molecule has 3 rings (SSSR count). The van der Waals surface area contributed by atoms with Crippen LogP contribution in [-0.4, -0.2) is 5.66 Å². The molecule has 1 aliphatic rings. The Hall–Kier alpha value is -1.65. The number of rotatable bonds is 3. The summed E-state index contributed by atoms with van der Waals surface area (Å²) in [5, 5.41) is 2.90.